The number of halogens is 2. The Morgan fingerprint density at radius 1 is 1.15 bits per heavy atom. The summed E-state index contributed by atoms with van der Waals surface area (Å²) in [6.45, 7) is 2.59. The lowest BCUT2D eigenvalue weighted by atomic mass is 9.98. The molecule has 1 saturated carbocycles. The molecule has 0 radical (unpaired) electrons. The van der Waals surface area contributed by atoms with Gasteiger partial charge in [0.1, 0.15) is 11.0 Å². The van der Waals surface area contributed by atoms with Crippen LogP contribution >= 0.6 is 11.3 Å². The van der Waals surface area contributed by atoms with Crippen molar-refractivity contribution in [3.8, 4) is 11.5 Å². The van der Waals surface area contributed by atoms with E-state index in [-0.39, 0.29) is 41.8 Å². The number of rotatable bonds is 9. The minimum absolute atomic E-state index is 0.0565. The summed E-state index contributed by atoms with van der Waals surface area (Å²) in [5.41, 5.74) is 0.758. The van der Waals surface area contributed by atoms with Gasteiger partial charge in [0, 0.05) is 24.8 Å². The second-order valence-electron chi connectivity index (χ2n) is 8.58. The molecule has 4 rings (SSSR count). The molecule has 1 N–H and O–H groups in total. The highest BCUT2D eigenvalue weighted by Gasteiger charge is 2.37. The number of amides is 2. The zero-order valence-electron chi connectivity index (χ0n) is 18.6. The molecule has 1 aromatic carbocycles. The predicted octanol–water partition coefficient (Wildman–Crippen LogP) is 4.15. The molecule has 2 heterocycles. The van der Waals surface area contributed by atoms with Crippen LogP contribution in [-0.4, -0.2) is 52.2 Å². The molecule has 2 aromatic rings. The van der Waals surface area contributed by atoms with Crippen molar-refractivity contribution in [2.75, 3.05) is 11.9 Å². The molecule has 11 heteroatoms. The van der Waals surface area contributed by atoms with Gasteiger partial charge in [-0.05, 0) is 51.3 Å². The summed E-state index contributed by atoms with van der Waals surface area (Å²) in [4.78, 5) is 27.0. The van der Waals surface area contributed by atoms with Gasteiger partial charge in [-0.25, -0.2) is 0 Å². The molecule has 1 aliphatic carbocycles. The Morgan fingerprint density at radius 2 is 1.91 bits per heavy atom. The van der Waals surface area contributed by atoms with Crippen LogP contribution in [0.25, 0.3) is 0 Å². The molecule has 178 valence electrons. The average Bonchev–Trinajstić information content (AvgIpc) is 3.37. The molecule has 8 nitrogen and oxygen atoms in total. The molecule has 33 heavy (non-hydrogen) atoms. The van der Waals surface area contributed by atoms with Gasteiger partial charge < -0.3 is 14.4 Å². The second kappa shape index (κ2) is 9.58. The zero-order chi connectivity index (χ0) is 23.7. The van der Waals surface area contributed by atoms with Gasteiger partial charge in [-0.2, -0.15) is 8.78 Å². The minimum Gasteiger partial charge on any atom is -0.487 e. The van der Waals surface area contributed by atoms with Gasteiger partial charge in [-0.3, -0.25) is 14.9 Å². The number of hydrogen-bond acceptors (Lipinski definition) is 7. The third-order valence-corrected chi connectivity index (χ3v) is 6.62. The van der Waals surface area contributed by atoms with Crippen LogP contribution in [0.4, 0.5) is 13.9 Å². The fourth-order valence-electron chi connectivity index (χ4n) is 3.78. The number of aromatic nitrogens is 2. The van der Waals surface area contributed by atoms with Crippen LogP contribution in [0.15, 0.2) is 18.2 Å². The highest BCUT2D eigenvalue weighted by molar-refractivity contribution is 7.15. The monoisotopic (exact) mass is 480 g/mol. The predicted molar refractivity (Wildman–Crippen MR) is 118 cm³/mol. The summed E-state index contributed by atoms with van der Waals surface area (Å²) in [7, 11) is 0. The Bertz CT molecular complexity index is 1030. The highest BCUT2D eigenvalue weighted by Crippen LogP contribution is 2.42. The lowest BCUT2D eigenvalue weighted by Gasteiger charge is -2.23. The van der Waals surface area contributed by atoms with Gasteiger partial charge in [-0.1, -0.05) is 17.4 Å². The molecule has 0 bridgehead atoms. The number of carbonyl (C=O) groups excluding carboxylic acids is 2. The number of likely N-dealkylation sites (tertiary alicyclic amines) is 1. The number of nitrogens with one attached hydrogen (secondary N) is 1. The number of nitrogens with zero attached hydrogens (tertiary/aromatic N) is 3. The first-order chi connectivity index (χ1) is 15.7. The third-order valence-electron chi connectivity index (χ3n) is 5.62. The largest absolute Gasteiger partial charge is 0.487 e. The van der Waals surface area contributed by atoms with Crippen LogP contribution in [0.1, 0.15) is 62.4 Å². The van der Waals surface area contributed by atoms with Gasteiger partial charge in [0.2, 0.25) is 16.9 Å². The van der Waals surface area contributed by atoms with Crippen LogP contribution in [0.5, 0.6) is 11.5 Å². The Balaban J connectivity index is 1.43. The molecule has 2 fully saturated rings. The molecule has 1 saturated heterocycles. The number of hydrogen-bond donors (Lipinski definition) is 1. The lowest BCUT2D eigenvalue weighted by molar-refractivity contribution is -0.134. The molecule has 2 unspecified atom stereocenters. The van der Waals surface area contributed by atoms with E-state index in [0.717, 1.165) is 23.4 Å². The Kier molecular flexibility index (Phi) is 6.78. The van der Waals surface area contributed by atoms with Crippen LogP contribution in [0, 0.1) is 0 Å². The molecular formula is C22H26F2N4O4S. The van der Waals surface area contributed by atoms with Gasteiger partial charge >= 0.3 is 6.61 Å². The van der Waals surface area contributed by atoms with E-state index in [1.54, 1.807) is 32.9 Å². The number of ether oxygens (including phenoxy) is 2. The first-order valence-electron chi connectivity index (χ1n) is 10.9. The van der Waals surface area contributed by atoms with E-state index in [1.807, 2.05) is 0 Å². The van der Waals surface area contributed by atoms with Gasteiger partial charge in [0.05, 0.1) is 6.10 Å². The smallest absolute Gasteiger partial charge is 0.387 e. The maximum absolute atomic E-state index is 12.7. The van der Waals surface area contributed by atoms with Crippen molar-refractivity contribution in [1.82, 2.24) is 15.1 Å². The van der Waals surface area contributed by atoms with E-state index in [4.69, 9.17) is 4.74 Å². The van der Waals surface area contributed by atoms with Crippen LogP contribution in [0.3, 0.4) is 0 Å². The summed E-state index contributed by atoms with van der Waals surface area (Å²) in [6.07, 6.45) is 2.16. The van der Waals surface area contributed by atoms with E-state index in [9.17, 15) is 18.4 Å². The Morgan fingerprint density at radius 3 is 2.58 bits per heavy atom. The fourth-order valence-corrected chi connectivity index (χ4v) is 4.69. The summed E-state index contributed by atoms with van der Waals surface area (Å²) >= 11 is 1.36. The molecule has 0 spiro atoms. The average molecular weight is 481 g/mol. The van der Waals surface area contributed by atoms with Crippen LogP contribution in [-0.2, 0) is 9.59 Å². The van der Waals surface area contributed by atoms with Crippen molar-refractivity contribution in [1.29, 1.82) is 0 Å². The fraction of sp³-hybridized carbons (Fsp3) is 0.545. The molecule has 2 atom stereocenters. The quantitative estimate of drug-likeness (QED) is 0.580. The standard InChI is InChI=1S/C22H26F2N4O4S/c1-11(2)31-17-8-14(6-7-16(17)32-21(23)24)15-9-18(29)28(10-15)12(3)19(30)25-22-27-26-20(33-22)13-4-5-13/h6-8,11-13,15,21H,4-5,9-10H2,1-3H3,(H,25,27,30). The summed E-state index contributed by atoms with van der Waals surface area (Å²) < 4.78 is 35.7. The van der Waals surface area contributed by atoms with E-state index in [2.05, 4.69) is 20.3 Å². The van der Waals surface area contributed by atoms with Crippen molar-refractivity contribution in [3.63, 3.8) is 0 Å². The Hall–Kier alpha value is -2.82. The molecule has 1 aromatic heterocycles. The highest BCUT2D eigenvalue weighted by atomic mass is 32.1. The Labute approximate surface area is 194 Å². The van der Waals surface area contributed by atoms with Crippen molar-refractivity contribution in [3.05, 3.63) is 28.8 Å². The van der Waals surface area contributed by atoms with Crippen molar-refractivity contribution in [2.45, 2.75) is 70.6 Å². The normalized spacial score (nSPS) is 19.3. The van der Waals surface area contributed by atoms with Crippen molar-refractivity contribution in [2.24, 2.45) is 0 Å². The number of alkyl halides is 2. The molecular weight excluding hydrogens is 454 g/mol. The van der Waals surface area contributed by atoms with E-state index in [1.165, 1.54) is 22.3 Å². The SMILES string of the molecule is CC(C)Oc1cc(C2CC(=O)N(C(C)C(=O)Nc3nnc(C4CC4)s3)C2)ccc1OC(F)F. The minimum atomic E-state index is -2.97. The molecule has 1 aliphatic heterocycles. The summed E-state index contributed by atoms with van der Waals surface area (Å²) in [6, 6.07) is 4.01. The van der Waals surface area contributed by atoms with Gasteiger partial charge in [-0.15, -0.1) is 10.2 Å². The van der Waals surface area contributed by atoms with E-state index in [0.29, 0.717) is 17.6 Å². The van der Waals surface area contributed by atoms with Gasteiger partial charge in [0.25, 0.3) is 0 Å². The van der Waals surface area contributed by atoms with E-state index >= 15 is 0 Å². The van der Waals surface area contributed by atoms with Crippen molar-refractivity contribution < 1.29 is 27.8 Å². The van der Waals surface area contributed by atoms with Crippen LogP contribution in [0.2, 0.25) is 0 Å². The number of benzene rings is 1. The zero-order valence-corrected chi connectivity index (χ0v) is 19.4. The lowest BCUT2D eigenvalue weighted by Crippen LogP contribution is -2.42. The maximum atomic E-state index is 12.7. The molecule has 2 aliphatic rings. The number of anilines is 1. The third kappa shape index (κ3) is 5.58. The number of carbonyl (C=O) groups is 2. The van der Waals surface area contributed by atoms with Gasteiger partial charge in [0.15, 0.2) is 11.5 Å². The topological polar surface area (TPSA) is 93.7 Å². The molecule has 2 amide bonds. The van der Waals surface area contributed by atoms with E-state index < -0.39 is 12.7 Å². The van der Waals surface area contributed by atoms with Crippen LogP contribution < -0.4 is 14.8 Å². The first-order valence-corrected chi connectivity index (χ1v) is 11.7. The van der Waals surface area contributed by atoms with Crippen molar-refractivity contribution >= 4 is 28.3 Å². The first kappa shape index (κ1) is 23.3. The summed E-state index contributed by atoms with van der Waals surface area (Å²) in [5, 5.41) is 12.3. The summed E-state index contributed by atoms with van der Waals surface area (Å²) in [5.74, 6) is -0.0922. The maximum Gasteiger partial charge on any atom is 0.387 e. The second-order valence-corrected chi connectivity index (χ2v) is 9.59.